The highest BCUT2D eigenvalue weighted by Gasteiger charge is 2.11. The molecule has 5 aromatic rings. The minimum absolute atomic E-state index is 0.251. The van der Waals surface area contributed by atoms with Gasteiger partial charge in [0.1, 0.15) is 23.9 Å². The molecule has 0 radical (unpaired) electrons. The van der Waals surface area contributed by atoms with E-state index in [1.54, 1.807) is 19.6 Å². The molecule has 0 amide bonds. The third-order valence-electron chi connectivity index (χ3n) is 5.61. The highest BCUT2D eigenvalue weighted by molar-refractivity contribution is 14.1. The van der Waals surface area contributed by atoms with Crippen molar-refractivity contribution in [2.75, 3.05) is 23.2 Å². The molecular weight excluding hydrogens is 748 g/mol. The maximum atomic E-state index is 6.19. The molecule has 12 heteroatoms. The zero-order valence-corrected chi connectivity index (χ0v) is 26.2. The SMILES string of the molecule is COc1ccc(Nc2nc(NCc3ccco3)nc(N/N=C/c3cc(I)cc(I)c3OCc3ccccc3)n2)cc1. The molecule has 0 fully saturated rings. The third-order valence-corrected chi connectivity index (χ3v) is 7.04. The minimum Gasteiger partial charge on any atom is -0.497 e. The van der Waals surface area contributed by atoms with Crippen LogP contribution in [0.1, 0.15) is 16.9 Å². The molecule has 0 aliphatic heterocycles. The van der Waals surface area contributed by atoms with Crippen molar-refractivity contribution < 1.29 is 13.9 Å². The van der Waals surface area contributed by atoms with E-state index in [1.165, 1.54) is 0 Å². The van der Waals surface area contributed by atoms with Crippen molar-refractivity contribution in [3.8, 4) is 11.5 Å². The fraction of sp³-hybridized carbons (Fsp3) is 0.103. The van der Waals surface area contributed by atoms with E-state index in [-0.39, 0.29) is 5.95 Å². The summed E-state index contributed by atoms with van der Waals surface area (Å²) in [5.74, 6) is 3.18. The van der Waals surface area contributed by atoms with Crippen LogP contribution in [0.25, 0.3) is 0 Å². The molecule has 3 N–H and O–H groups in total. The van der Waals surface area contributed by atoms with Gasteiger partial charge in [-0.25, -0.2) is 5.43 Å². The molecule has 41 heavy (non-hydrogen) atoms. The van der Waals surface area contributed by atoms with Crippen LogP contribution in [-0.4, -0.2) is 28.3 Å². The lowest BCUT2D eigenvalue weighted by molar-refractivity contribution is 0.303. The summed E-state index contributed by atoms with van der Waals surface area (Å²) < 4.78 is 18.9. The van der Waals surface area contributed by atoms with E-state index in [2.05, 4.69) is 87.4 Å². The smallest absolute Gasteiger partial charge is 0.250 e. The molecule has 10 nitrogen and oxygen atoms in total. The second-order valence-electron chi connectivity index (χ2n) is 8.54. The number of ether oxygens (including phenoxy) is 2. The van der Waals surface area contributed by atoms with Gasteiger partial charge in [-0.15, -0.1) is 0 Å². The minimum atomic E-state index is 0.251. The molecule has 2 aromatic heterocycles. The number of nitrogens with one attached hydrogen (secondary N) is 3. The summed E-state index contributed by atoms with van der Waals surface area (Å²) in [5, 5.41) is 10.8. The largest absolute Gasteiger partial charge is 0.497 e. The Morgan fingerprint density at radius 3 is 2.44 bits per heavy atom. The number of hydrazone groups is 1. The van der Waals surface area contributed by atoms with Gasteiger partial charge in [0.15, 0.2) is 0 Å². The molecule has 0 saturated heterocycles. The average Bonchev–Trinajstić information content (AvgIpc) is 3.50. The van der Waals surface area contributed by atoms with Crippen molar-refractivity contribution in [1.29, 1.82) is 0 Å². The lowest BCUT2D eigenvalue weighted by atomic mass is 10.2. The molecule has 3 aromatic carbocycles. The standard InChI is InChI=1S/C29H25I2N7O3/c1-39-23-11-9-22(10-12-23)34-28-35-27(32-17-24-8-5-13-40-24)36-29(37-28)38-33-16-20-14-21(30)15-25(31)26(20)41-18-19-6-3-2-4-7-19/h2-16H,17-18H2,1H3,(H3,32,34,35,36,37,38)/b33-16+. The van der Waals surface area contributed by atoms with Crippen LogP contribution in [0, 0.1) is 7.14 Å². The van der Waals surface area contributed by atoms with E-state index in [1.807, 2.05) is 72.8 Å². The van der Waals surface area contributed by atoms with Gasteiger partial charge in [0.05, 0.1) is 29.7 Å². The third kappa shape index (κ3) is 8.29. The number of furan rings is 1. The fourth-order valence-corrected chi connectivity index (χ4v) is 5.71. The number of hydrogen-bond acceptors (Lipinski definition) is 10. The zero-order chi connectivity index (χ0) is 28.4. The molecule has 2 heterocycles. The molecule has 0 spiro atoms. The summed E-state index contributed by atoms with van der Waals surface area (Å²) in [6.45, 7) is 0.856. The van der Waals surface area contributed by atoms with Gasteiger partial charge >= 0.3 is 0 Å². The van der Waals surface area contributed by atoms with E-state index >= 15 is 0 Å². The van der Waals surface area contributed by atoms with Crippen molar-refractivity contribution in [3.05, 3.63) is 109 Å². The first-order valence-electron chi connectivity index (χ1n) is 12.4. The second-order valence-corrected chi connectivity index (χ2v) is 11.0. The van der Waals surface area contributed by atoms with Gasteiger partial charge < -0.3 is 24.5 Å². The first-order chi connectivity index (χ1) is 20.1. The van der Waals surface area contributed by atoms with Crippen molar-refractivity contribution >= 4 is 74.9 Å². The van der Waals surface area contributed by atoms with Gasteiger partial charge in [-0.1, -0.05) is 30.3 Å². The number of aromatic nitrogens is 3. The van der Waals surface area contributed by atoms with Crippen LogP contribution in [0.5, 0.6) is 11.5 Å². The van der Waals surface area contributed by atoms with Crippen molar-refractivity contribution in [1.82, 2.24) is 15.0 Å². The summed E-state index contributed by atoms with van der Waals surface area (Å²) in [5.41, 5.74) is 5.63. The summed E-state index contributed by atoms with van der Waals surface area (Å²) in [4.78, 5) is 13.5. The van der Waals surface area contributed by atoms with Crippen LogP contribution >= 0.6 is 45.2 Å². The second kappa shape index (κ2) is 14.1. The summed E-state index contributed by atoms with van der Waals surface area (Å²) in [6, 6.07) is 25.3. The quantitative estimate of drug-likeness (QED) is 0.0696. The highest BCUT2D eigenvalue weighted by Crippen LogP contribution is 2.28. The number of methoxy groups -OCH3 is 1. The van der Waals surface area contributed by atoms with Crippen LogP contribution in [0.2, 0.25) is 0 Å². The molecule has 5 rings (SSSR count). The van der Waals surface area contributed by atoms with Crippen molar-refractivity contribution in [2.45, 2.75) is 13.2 Å². The molecule has 208 valence electrons. The molecule has 0 aliphatic carbocycles. The summed E-state index contributed by atoms with van der Waals surface area (Å²) in [6.07, 6.45) is 3.31. The van der Waals surface area contributed by atoms with Gasteiger partial charge in [0, 0.05) is 14.8 Å². The molecule has 0 unspecified atom stereocenters. The molecule has 0 saturated carbocycles. The van der Waals surface area contributed by atoms with Gasteiger partial charge in [0.2, 0.25) is 17.8 Å². The summed E-state index contributed by atoms with van der Waals surface area (Å²) in [7, 11) is 1.62. The lowest BCUT2D eigenvalue weighted by Gasteiger charge is -2.12. The van der Waals surface area contributed by atoms with Gasteiger partial charge in [-0.05, 0) is 99.3 Å². The van der Waals surface area contributed by atoms with Gasteiger partial charge in [-0.2, -0.15) is 20.1 Å². The first kappa shape index (κ1) is 28.6. The van der Waals surface area contributed by atoms with Crippen LogP contribution in [-0.2, 0) is 13.2 Å². The fourth-order valence-electron chi connectivity index (χ4n) is 3.66. The van der Waals surface area contributed by atoms with Crippen LogP contribution < -0.4 is 25.5 Å². The Kier molecular flexibility index (Phi) is 9.85. The summed E-state index contributed by atoms with van der Waals surface area (Å²) >= 11 is 4.56. The van der Waals surface area contributed by atoms with Crippen LogP contribution in [0.15, 0.2) is 94.6 Å². The monoisotopic (exact) mass is 773 g/mol. The Balaban J connectivity index is 1.35. The van der Waals surface area contributed by atoms with E-state index in [4.69, 9.17) is 13.9 Å². The van der Waals surface area contributed by atoms with Crippen molar-refractivity contribution in [2.24, 2.45) is 5.10 Å². The van der Waals surface area contributed by atoms with Gasteiger partial charge in [0.25, 0.3) is 0 Å². The predicted molar refractivity (Wildman–Crippen MR) is 176 cm³/mol. The van der Waals surface area contributed by atoms with E-state index in [0.29, 0.717) is 25.0 Å². The zero-order valence-electron chi connectivity index (χ0n) is 21.8. The number of benzene rings is 3. The Bertz CT molecular complexity index is 1600. The number of anilines is 4. The Morgan fingerprint density at radius 2 is 1.68 bits per heavy atom. The van der Waals surface area contributed by atoms with Crippen LogP contribution in [0.3, 0.4) is 0 Å². The normalized spacial score (nSPS) is 10.9. The van der Waals surface area contributed by atoms with Crippen molar-refractivity contribution in [3.63, 3.8) is 0 Å². The maximum Gasteiger partial charge on any atom is 0.250 e. The van der Waals surface area contributed by atoms with E-state index in [0.717, 1.165) is 41.2 Å². The number of halogens is 2. The maximum absolute atomic E-state index is 6.19. The Labute approximate surface area is 264 Å². The topological polar surface area (TPSA) is 119 Å². The Morgan fingerprint density at radius 1 is 0.902 bits per heavy atom. The number of rotatable bonds is 12. The number of nitrogens with zero attached hydrogens (tertiary/aromatic N) is 4. The lowest BCUT2D eigenvalue weighted by Crippen LogP contribution is -2.09. The average molecular weight is 773 g/mol. The molecule has 0 atom stereocenters. The first-order valence-corrected chi connectivity index (χ1v) is 14.6. The number of hydrogen-bond donors (Lipinski definition) is 3. The van der Waals surface area contributed by atoms with E-state index < -0.39 is 0 Å². The van der Waals surface area contributed by atoms with Gasteiger partial charge in [-0.3, -0.25) is 0 Å². The highest BCUT2D eigenvalue weighted by atomic mass is 127. The molecule has 0 aliphatic rings. The predicted octanol–water partition coefficient (Wildman–Crippen LogP) is 7.06. The Hall–Kier alpha value is -3.92. The van der Waals surface area contributed by atoms with Crippen LogP contribution in [0.4, 0.5) is 23.5 Å². The molecule has 0 bridgehead atoms. The molecular formula is C29H25I2N7O3. The van der Waals surface area contributed by atoms with E-state index in [9.17, 15) is 0 Å².